The smallest absolute Gasteiger partial charge is 0.272 e. The van der Waals surface area contributed by atoms with E-state index in [2.05, 4.69) is 16.0 Å². The van der Waals surface area contributed by atoms with Crippen molar-refractivity contribution in [3.63, 3.8) is 0 Å². The summed E-state index contributed by atoms with van der Waals surface area (Å²) in [5.41, 5.74) is 2.09. The summed E-state index contributed by atoms with van der Waals surface area (Å²) in [6, 6.07) is 37.4. The molecule has 0 aromatic heterocycles. The highest BCUT2D eigenvalue weighted by Gasteiger charge is 2.17. The first-order chi connectivity index (χ1) is 23.4. The van der Waals surface area contributed by atoms with Crippen LogP contribution in [0.1, 0.15) is 15.9 Å². The molecule has 0 fully saturated rings. The Morgan fingerprint density at radius 1 is 0.667 bits per heavy atom. The number of para-hydroxylation sites is 1. The van der Waals surface area contributed by atoms with Gasteiger partial charge in [-0.1, -0.05) is 42.5 Å². The Hall–Kier alpha value is -6.00. The second-order valence-corrected chi connectivity index (χ2v) is 11.3. The molecule has 0 atom stereocenters. The minimum atomic E-state index is -0.545. The molecule has 242 valence electrons. The Kier molecular flexibility index (Phi) is 11.5. The summed E-state index contributed by atoms with van der Waals surface area (Å²) in [6.45, 7) is 0. The first-order valence-electron chi connectivity index (χ1n) is 14.9. The van der Waals surface area contributed by atoms with Crippen LogP contribution in [-0.2, 0) is 9.59 Å². The molecule has 0 radical (unpaired) electrons. The lowest BCUT2D eigenvalue weighted by Crippen LogP contribution is -2.30. The third kappa shape index (κ3) is 9.51. The lowest BCUT2D eigenvalue weighted by Gasteiger charge is -2.13. The Labute approximate surface area is 282 Å². The van der Waals surface area contributed by atoms with E-state index in [-0.39, 0.29) is 17.4 Å². The van der Waals surface area contributed by atoms with Crippen LogP contribution in [0.3, 0.4) is 0 Å². The molecule has 0 heterocycles. The van der Waals surface area contributed by atoms with Gasteiger partial charge in [0, 0.05) is 33.5 Å². The highest BCUT2D eigenvalue weighted by Crippen LogP contribution is 2.28. The fourth-order valence-electron chi connectivity index (χ4n) is 4.47. The summed E-state index contributed by atoms with van der Waals surface area (Å²) in [4.78, 5) is 40.1. The molecule has 0 saturated heterocycles. The minimum Gasteiger partial charge on any atom is -0.497 e. The van der Waals surface area contributed by atoms with Crippen LogP contribution in [0.25, 0.3) is 6.08 Å². The fourth-order valence-corrected chi connectivity index (χ4v) is 5.23. The molecule has 5 rings (SSSR count). The van der Waals surface area contributed by atoms with Gasteiger partial charge in [-0.05, 0) is 84.9 Å². The average Bonchev–Trinajstić information content (AvgIpc) is 3.12. The van der Waals surface area contributed by atoms with Crippen molar-refractivity contribution in [2.45, 2.75) is 4.90 Å². The summed E-state index contributed by atoms with van der Waals surface area (Å²) in [5, 5.41) is 8.47. The highest BCUT2D eigenvalue weighted by molar-refractivity contribution is 8.00. The molecule has 0 unspecified atom stereocenters. The quantitative estimate of drug-likeness (QED) is 0.0879. The summed E-state index contributed by atoms with van der Waals surface area (Å²) in [6.07, 6.45) is 1.54. The van der Waals surface area contributed by atoms with Crippen molar-refractivity contribution >= 4 is 46.9 Å². The van der Waals surface area contributed by atoms with Crippen LogP contribution in [0.4, 0.5) is 11.4 Å². The standard InChI is InChI=1S/C38H33N3O6S/c1-45-32-19-16-27(35(24-32)46-2)22-34(41-37(43)26-10-5-3-6-11-26)38(44)40-29-12-9-15-33(23-29)48-25-36(42)39-28-17-20-31(21-18-28)47-30-13-7-4-8-14-30/h3-24H,25H2,1-2H3,(H,39,42)(H,40,44)(H,41,43)/b34-22+. The molecule has 10 heteroatoms. The number of amides is 3. The summed E-state index contributed by atoms with van der Waals surface area (Å²) in [5.74, 6) is 1.40. The van der Waals surface area contributed by atoms with Crippen LogP contribution < -0.4 is 30.2 Å². The van der Waals surface area contributed by atoms with E-state index in [1.807, 2.05) is 36.4 Å². The number of rotatable bonds is 13. The predicted octanol–water partition coefficient (Wildman–Crippen LogP) is 7.64. The van der Waals surface area contributed by atoms with Crippen LogP contribution in [-0.4, -0.2) is 37.7 Å². The molecular formula is C38H33N3O6S. The van der Waals surface area contributed by atoms with E-state index < -0.39 is 11.8 Å². The number of carbonyl (C=O) groups is 3. The molecule has 3 N–H and O–H groups in total. The molecule has 0 spiro atoms. The predicted molar refractivity (Wildman–Crippen MR) is 189 cm³/mol. The third-order valence-electron chi connectivity index (χ3n) is 6.85. The van der Waals surface area contributed by atoms with E-state index in [4.69, 9.17) is 14.2 Å². The first kappa shape index (κ1) is 33.4. The lowest BCUT2D eigenvalue weighted by molar-refractivity contribution is -0.114. The zero-order valence-corrected chi connectivity index (χ0v) is 27.1. The van der Waals surface area contributed by atoms with Crippen molar-refractivity contribution in [1.29, 1.82) is 0 Å². The van der Waals surface area contributed by atoms with E-state index in [9.17, 15) is 14.4 Å². The van der Waals surface area contributed by atoms with Crippen molar-refractivity contribution in [2.75, 3.05) is 30.6 Å². The van der Waals surface area contributed by atoms with E-state index in [1.165, 1.54) is 24.9 Å². The Balaban J connectivity index is 1.23. The van der Waals surface area contributed by atoms with Crippen LogP contribution in [0.2, 0.25) is 0 Å². The molecule has 5 aromatic rings. The second kappa shape index (κ2) is 16.5. The van der Waals surface area contributed by atoms with E-state index in [1.54, 1.807) is 98.1 Å². The van der Waals surface area contributed by atoms with E-state index in [0.717, 1.165) is 10.6 Å². The number of methoxy groups -OCH3 is 2. The lowest BCUT2D eigenvalue weighted by atomic mass is 10.1. The summed E-state index contributed by atoms with van der Waals surface area (Å²) in [7, 11) is 3.05. The number of hydrogen-bond acceptors (Lipinski definition) is 7. The van der Waals surface area contributed by atoms with Gasteiger partial charge in [0.05, 0.1) is 20.0 Å². The number of hydrogen-bond donors (Lipinski definition) is 3. The van der Waals surface area contributed by atoms with Crippen molar-refractivity contribution < 1.29 is 28.6 Å². The van der Waals surface area contributed by atoms with Crippen molar-refractivity contribution in [3.05, 3.63) is 144 Å². The molecular weight excluding hydrogens is 627 g/mol. The molecule has 9 nitrogen and oxygen atoms in total. The van der Waals surface area contributed by atoms with Crippen molar-refractivity contribution in [2.24, 2.45) is 0 Å². The van der Waals surface area contributed by atoms with Gasteiger partial charge in [-0.3, -0.25) is 14.4 Å². The zero-order chi connectivity index (χ0) is 33.7. The Bertz CT molecular complexity index is 1900. The van der Waals surface area contributed by atoms with Gasteiger partial charge in [-0.15, -0.1) is 11.8 Å². The Morgan fingerprint density at radius 2 is 1.35 bits per heavy atom. The maximum absolute atomic E-state index is 13.6. The Morgan fingerprint density at radius 3 is 2.06 bits per heavy atom. The number of nitrogens with one attached hydrogen (secondary N) is 3. The van der Waals surface area contributed by atoms with Gasteiger partial charge in [0.2, 0.25) is 5.91 Å². The molecule has 0 bridgehead atoms. The maximum atomic E-state index is 13.6. The fraction of sp³-hybridized carbons (Fsp3) is 0.0789. The average molecular weight is 660 g/mol. The molecule has 0 saturated carbocycles. The number of thioether (sulfide) groups is 1. The summed E-state index contributed by atoms with van der Waals surface area (Å²) >= 11 is 1.32. The molecule has 48 heavy (non-hydrogen) atoms. The van der Waals surface area contributed by atoms with Crippen molar-refractivity contribution in [1.82, 2.24) is 5.32 Å². The topological polar surface area (TPSA) is 115 Å². The van der Waals surface area contributed by atoms with E-state index >= 15 is 0 Å². The molecule has 5 aromatic carbocycles. The number of ether oxygens (including phenoxy) is 3. The molecule has 0 aliphatic rings. The van der Waals surface area contributed by atoms with Gasteiger partial charge >= 0.3 is 0 Å². The summed E-state index contributed by atoms with van der Waals surface area (Å²) < 4.78 is 16.6. The van der Waals surface area contributed by atoms with E-state index in [0.29, 0.717) is 39.8 Å². The van der Waals surface area contributed by atoms with Crippen LogP contribution in [0.15, 0.2) is 138 Å². The van der Waals surface area contributed by atoms with Gasteiger partial charge in [-0.25, -0.2) is 0 Å². The maximum Gasteiger partial charge on any atom is 0.272 e. The third-order valence-corrected chi connectivity index (χ3v) is 7.84. The second-order valence-electron chi connectivity index (χ2n) is 10.2. The van der Waals surface area contributed by atoms with Crippen LogP contribution in [0, 0.1) is 0 Å². The number of carbonyl (C=O) groups excluding carboxylic acids is 3. The van der Waals surface area contributed by atoms with Crippen LogP contribution in [0.5, 0.6) is 23.0 Å². The van der Waals surface area contributed by atoms with Gasteiger partial charge in [0.15, 0.2) is 0 Å². The first-order valence-corrected chi connectivity index (χ1v) is 15.9. The van der Waals surface area contributed by atoms with Crippen LogP contribution >= 0.6 is 11.8 Å². The minimum absolute atomic E-state index is 0.00457. The van der Waals surface area contributed by atoms with Gasteiger partial charge in [0.25, 0.3) is 11.8 Å². The van der Waals surface area contributed by atoms with Gasteiger partial charge in [0.1, 0.15) is 28.7 Å². The van der Waals surface area contributed by atoms with Crippen molar-refractivity contribution in [3.8, 4) is 23.0 Å². The largest absolute Gasteiger partial charge is 0.497 e. The normalized spacial score (nSPS) is 10.8. The monoisotopic (exact) mass is 659 g/mol. The number of anilines is 2. The molecule has 3 amide bonds. The van der Waals surface area contributed by atoms with Gasteiger partial charge < -0.3 is 30.2 Å². The molecule has 0 aliphatic carbocycles. The SMILES string of the molecule is COc1ccc(/C=C(/NC(=O)c2ccccc2)C(=O)Nc2cccc(SCC(=O)Nc3ccc(Oc4ccccc4)cc3)c2)c(OC)c1. The highest BCUT2D eigenvalue weighted by atomic mass is 32.2. The number of benzene rings is 5. The zero-order valence-electron chi connectivity index (χ0n) is 26.3. The molecule has 0 aliphatic heterocycles. The van der Waals surface area contributed by atoms with Gasteiger partial charge in [-0.2, -0.15) is 0 Å².